The second kappa shape index (κ2) is 10.4. The lowest BCUT2D eigenvalue weighted by Crippen LogP contribution is -2.42. The summed E-state index contributed by atoms with van der Waals surface area (Å²) >= 11 is 0. The highest BCUT2D eigenvalue weighted by atomic mass is 19.1. The molecule has 0 radical (unpaired) electrons. The maximum absolute atomic E-state index is 12.4. The van der Waals surface area contributed by atoms with Crippen molar-refractivity contribution in [3.05, 3.63) is 35.4 Å². The quantitative estimate of drug-likeness (QED) is 0.804. The Balaban J connectivity index is 0.000000351. The average Bonchev–Trinajstić information content (AvgIpc) is 2.55. The van der Waals surface area contributed by atoms with E-state index >= 15 is 0 Å². The summed E-state index contributed by atoms with van der Waals surface area (Å²) in [5.41, 5.74) is 7.45. The van der Waals surface area contributed by atoms with Crippen LogP contribution in [0, 0.1) is 0 Å². The Morgan fingerprint density at radius 3 is 2.29 bits per heavy atom. The summed E-state index contributed by atoms with van der Waals surface area (Å²) in [5.74, 6) is 0. The van der Waals surface area contributed by atoms with Gasteiger partial charge in [-0.1, -0.05) is 24.3 Å². The highest BCUT2D eigenvalue weighted by Crippen LogP contribution is 2.13. The van der Waals surface area contributed by atoms with E-state index in [0.717, 1.165) is 38.3 Å². The molecule has 136 valence electrons. The number of rotatable bonds is 5. The van der Waals surface area contributed by atoms with Gasteiger partial charge in [-0.05, 0) is 31.9 Å². The molecule has 6 heteroatoms. The fraction of sp³-hybridized carbons (Fsp3) is 0.611. The minimum atomic E-state index is -0.503. The van der Waals surface area contributed by atoms with Crippen LogP contribution in [0.15, 0.2) is 24.3 Å². The molecule has 3 N–H and O–H groups in total. The molecule has 0 saturated carbocycles. The Bertz CT molecular complexity index is 468. The van der Waals surface area contributed by atoms with E-state index in [4.69, 9.17) is 5.73 Å². The Hall–Kier alpha value is -1.50. The lowest BCUT2D eigenvalue weighted by molar-refractivity contribution is -0.138. The van der Waals surface area contributed by atoms with Gasteiger partial charge in [-0.2, -0.15) is 0 Å². The number of piperazine rings is 1. The molecule has 0 aliphatic carbocycles. The summed E-state index contributed by atoms with van der Waals surface area (Å²) in [7, 11) is 0. The third-order valence-corrected chi connectivity index (χ3v) is 3.59. The number of alkyl halides is 1. The second-order valence-corrected chi connectivity index (χ2v) is 6.85. The molecule has 2 rings (SSSR count). The number of carbonyl (C=O) groups excluding carboxylic acids is 1. The van der Waals surface area contributed by atoms with E-state index in [0.29, 0.717) is 6.47 Å². The number of hydrogen-bond acceptors (Lipinski definition) is 5. The van der Waals surface area contributed by atoms with Gasteiger partial charge in [0.05, 0.1) is 6.04 Å². The van der Waals surface area contributed by atoms with Crippen molar-refractivity contribution < 1.29 is 13.9 Å². The molecule has 1 saturated heterocycles. The van der Waals surface area contributed by atoms with Gasteiger partial charge in [0.25, 0.3) is 6.47 Å². The number of carbonyl (C=O) groups is 1. The minimum absolute atomic E-state index is 0.318. The maximum atomic E-state index is 12.4. The smallest absolute Gasteiger partial charge is 0.293 e. The molecule has 1 heterocycles. The Kier molecular flexibility index (Phi) is 8.89. The van der Waals surface area contributed by atoms with Gasteiger partial charge in [-0.3, -0.25) is 9.69 Å². The molecule has 0 amide bonds. The molecule has 1 atom stereocenters. The Morgan fingerprint density at radius 1 is 1.29 bits per heavy atom. The van der Waals surface area contributed by atoms with Gasteiger partial charge in [0, 0.05) is 32.7 Å². The fourth-order valence-electron chi connectivity index (χ4n) is 2.23. The predicted octanol–water partition coefficient (Wildman–Crippen LogP) is 2.02. The average molecular weight is 339 g/mol. The third kappa shape index (κ3) is 8.38. The molecule has 0 bridgehead atoms. The maximum Gasteiger partial charge on any atom is 0.293 e. The molecule has 1 aliphatic rings. The predicted molar refractivity (Wildman–Crippen MR) is 94.4 cm³/mol. The van der Waals surface area contributed by atoms with Crippen LogP contribution in [0.25, 0.3) is 0 Å². The van der Waals surface area contributed by atoms with Crippen LogP contribution < -0.4 is 11.1 Å². The van der Waals surface area contributed by atoms with E-state index in [1.165, 1.54) is 5.56 Å². The van der Waals surface area contributed by atoms with Crippen molar-refractivity contribution in [1.29, 1.82) is 0 Å². The largest absolute Gasteiger partial charge is 0.462 e. The Labute approximate surface area is 144 Å². The Morgan fingerprint density at radius 2 is 1.88 bits per heavy atom. The summed E-state index contributed by atoms with van der Waals surface area (Å²) < 4.78 is 17.0. The first-order valence-corrected chi connectivity index (χ1v) is 8.30. The fourth-order valence-corrected chi connectivity index (χ4v) is 2.23. The van der Waals surface area contributed by atoms with E-state index in [-0.39, 0.29) is 5.60 Å². The van der Waals surface area contributed by atoms with Gasteiger partial charge in [0.1, 0.15) is 12.3 Å². The zero-order valence-electron chi connectivity index (χ0n) is 14.9. The van der Waals surface area contributed by atoms with Crippen molar-refractivity contribution in [2.45, 2.75) is 39.0 Å². The molecule has 1 unspecified atom stereocenters. The van der Waals surface area contributed by atoms with Crippen LogP contribution in [-0.4, -0.2) is 49.8 Å². The molecule has 1 aliphatic heterocycles. The van der Waals surface area contributed by atoms with Crippen LogP contribution in [-0.2, 0) is 16.1 Å². The zero-order chi connectivity index (χ0) is 18.0. The molecule has 1 aromatic carbocycles. The van der Waals surface area contributed by atoms with Crippen molar-refractivity contribution in [3.63, 3.8) is 0 Å². The molecule has 0 aromatic heterocycles. The molecular weight excluding hydrogens is 309 g/mol. The van der Waals surface area contributed by atoms with Crippen LogP contribution in [0.5, 0.6) is 0 Å². The van der Waals surface area contributed by atoms with Crippen LogP contribution in [0.3, 0.4) is 0 Å². The normalized spacial score (nSPS) is 16.7. The second-order valence-electron chi connectivity index (χ2n) is 6.85. The van der Waals surface area contributed by atoms with Gasteiger partial charge < -0.3 is 15.8 Å². The van der Waals surface area contributed by atoms with E-state index in [1.807, 2.05) is 45.0 Å². The molecular formula is C18H30FN3O2. The van der Waals surface area contributed by atoms with E-state index < -0.39 is 12.7 Å². The van der Waals surface area contributed by atoms with Crippen molar-refractivity contribution in [3.8, 4) is 0 Å². The van der Waals surface area contributed by atoms with Gasteiger partial charge in [-0.25, -0.2) is 4.39 Å². The lowest BCUT2D eigenvalue weighted by atomic mass is 10.1. The summed E-state index contributed by atoms with van der Waals surface area (Å²) in [4.78, 5) is 12.0. The number of nitrogens with zero attached hydrogens (tertiary/aromatic N) is 1. The minimum Gasteiger partial charge on any atom is -0.462 e. The van der Waals surface area contributed by atoms with Crippen molar-refractivity contribution >= 4 is 6.47 Å². The van der Waals surface area contributed by atoms with Crippen molar-refractivity contribution in [2.75, 3.05) is 32.9 Å². The number of nitrogens with one attached hydrogen (secondary N) is 1. The van der Waals surface area contributed by atoms with Crippen molar-refractivity contribution in [2.24, 2.45) is 5.73 Å². The van der Waals surface area contributed by atoms with E-state index in [9.17, 15) is 9.18 Å². The number of halogens is 1. The van der Waals surface area contributed by atoms with E-state index in [1.54, 1.807) is 0 Å². The third-order valence-electron chi connectivity index (χ3n) is 3.59. The van der Waals surface area contributed by atoms with Crippen LogP contribution in [0.2, 0.25) is 0 Å². The number of ether oxygens (including phenoxy) is 1. The summed E-state index contributed by atoms with van der Waals surface area (Å²) in [6.45, 7) is 10.7. The number of nitrogens with two attached hydrogens (primary N) is 1. The number of hydrogen-bond donors (Lipinski definition) is 2. The van der Waals surface area contributed by atoms with Gasteiger partial charge in [-0.15, -0.1) is 0 Å². The zero-order valence-corrected chi connectivity index (χ0v) is 14.9. The molecule has 1 fully saturated rings. The van der Waals surface area contributed by atoms with Gasteiger partial charge >= 0.3 is 0 Å². The van der Waals surface area contributed by atoms with Crippen LogP contribution in [0.4, 0.5) is 4.39 Å². The molecule has 24 heavy (non-hydrogen) atoms. The monoisotopic (exact) mass is 339 g/mol. The SMILES string of the molecule is CC(C)(C)OC=O.NC(CF)c1ccc(CN2CCNCC2)cc1. The number of benzene rings is 1. The topological polar surface area (TPSA) is 67.6 Å². The summed E-state index contributed by atoms with van der Waals surface area (Å²) in [6.07, 6.45) is 0. The van der Waals surface area contributed by atoms with Crippen LogP contribution >= 0.6 is 0 Å². The summed E-state index contributed by atoms with van der Waals surface area (Å²) in [6, 6.07) is 7.48. The highest BCUT2D eigenvalue weighted by molar-refractivity contribution is 5.37. The van der Waals surface area contributed by atoms with E-state index in [2.05, 4.69) is 15.0 Å². The van der Waals surface area contributed by atoms with Gasteiger partial charge in [0.2, 0.25) is 0 Å². The first-order chi connectivity index (χ1) is 11.4. The van der Waals surface area contributed by atoms with Crippen LogP contribution in [0.1, 0.15) is 37.9 Å². The first kappa shape index (κ1) is 20.5. The highest BCUT2D eigenvalue weighted by Gasteiger charge is 2.10. The lowest BCUT2D eigenvalue weighted by Gasteiger charge is -2.27. The first-order valence-electron chi connectivity index (χ1n) is 8.30. The van der Waals surface area contributed by atoms with Crippen molar-refractivity contribution in [1.82, 2.24) is 10.2 Å². The molecule has 0 spiro atoms. The molecule has 1 aromatic rings. The molecule has 5 nitrogen and oxygen atoms in total. The summed E-state index contributed by atoms with van der Waals surface area (Å²) in [5, 5.41) is 3.33. The standard InChI is InChI=1S/C13H20FN3.C5H10O2/c14-9-13(15)12-3-1-11(2-4-12)10-17-7-5-16-6-8-17;1-5(2,3)7-4-6/h1-4,13,16H,5-10,15H2;4H,1-3H3. The van der Waals surface area contributed by atoms with Gasteiger partial charge in [0.15, 0.2) is 0 Å².